The molecule has 16 heavy (non-hydrogen) atoms. The summed E-state index contributed by atoms with van der Waals surface area (Å²) < 4.78 is 0. The largest absolute Gasteiger partial charge is 0.330 e. The molecule has 3 nitrogen and oxygen atoms in total. The van der Waals surface area contributed by atoms with Gasteiger partial charge in [-0.05, 0) is 51.9 Å². The van der Waals surface area contributed by atoms with Crippen LogP contribution in [0.2, 0.25) is 0 Å². The Bertz CT molecular complexity index is 135. The highest BCUT2D eigenvalue weighted by atomic mass is 15.1. The van der Waals surface area contributed by atoms with Gasteiger partial charge >= 0.3 is 0 Å². The number of nitrogens with zero attached hydrogens (tertiary/aromatic N) is 1. The molecule has 0 spiro atoms. The van der Waals surface area contributed by atoms with Gasteiger partial charge in [-0.3, -0.25) is 0 Å². The second-order valence-corrected chi connectivity index (χ2v) is 4.57. The van der Waals surface area contributed by atoms with Crippen LogP contribution in [0.1, 0.15) is 52.4 Å². The smallest absolute Gasteiger partial charge is 0.00392 e. The highest BCUT2D eigenvalue weighted by Crippen LogP contribution is 2.07. The number of unbranched alkanes of at least 4 members (excludes halogenated alkanes) is 2. The Hall–Kier alpha value is -0.120. The van der Waals surface area contributed by atoms with Crippen molar-refractivity contribution < 1.29 is 0 Å². The van der Waals surface area contributed by atoms with Crippen LogP contribution in [-0.4, -0.2) is 37.1 Å². The summed E-state index contributed by atoms with van der Waals surface area (Å²) in [4.78, 5) is 2.48. The lowest BCUT2D eigenvalue weighted by Crippen LogP contribution is -2.24. The molecule has 1 unspecified atom stereocenters. The van der Waals surface area contributed by atoms with E-state index >= 15 is 0 Å². The molecule has 0 saturated carbocycles. The Balaban J connectivity index is 3.25. The quantitative estimate of drug-likeness (QED) is 0.533. The van der Waals surface area contributed by atoms with E-state index in [1.807, 2.05) is 0 Å². The minimum absolute atomic E-state index is 0.372. The predicted octanol–water partition coefficient (Wildman–Crippen LogP) is 1.95. The molecule has 0 saturated heterocycles. The summed E-state index contributed by atoms with van der Waals surface area (Å²) in [7, 11) is 0. The lowest BCUT2D eigenvalue weighted by atomic mass is 10.0. The van der Waals surface area contributed by atoms with Crippen molar-refractivity contribution in [3.05, 3.63) is 0 Å². The van der Waals surface area contributed by atoms with E-state index < -0.39 is 0 Å². The third-order valence-corrected chi connectivity index (χ3v) is 3.22. The monoisotopic (exact) mass is 229 g/mol. The van der Waals surface area contributed by atoms with Gasteiger partial charge in [0, 0.05) is 6.04 Å². The Kier molecular flexibility index (Phi) is 11.3. The fourth-order valence-electron chi connectivity index (χ4n) is 1.98. The zero-order chi connectivity index (χ0) is 12.2. The van der Waals surface area contributed by atoms with E-state index in [9.17, 15) is 0 Å². The van der Waals surface area contributed by atoms with E-state index in [1.165, 1.54) is 38.9 Å². The maximum absolute atomic E-state index is 5.99. The lowest BCUT2D eigenvalue weighted by molar-refractivity contribution is 0.294. The van der Waals surface area contributed by atoms with E-state index in [2.05, 4.69) is 18.7 Å². The first kappa shape index (κ1) is 15.9. The van der Waals surface area contributed by atoms with Gasteiger partial charge in [-0.25, -0.2) is 0 Å². The molecule has 0 bridgehead atoms. The van der Waals surface area contributed by atoms with Crippen LogP contribution in [0.15, 0.2) is 0 Å². The first-order valence-corrected chi connectivity index (χ1v) is 6.92. The molecule has 4 N–H and O–H groups in total. The number of nitrogens with two attached hydrogens (primary N) is 2. The minimum atomic E-state index is 0.372. The first-order valence-electron chi connectivity index (χ1n) is 6.92. The van der Waals surface area contributed by atoms with Gasteiger partial charge in [0.25, 0.3) is 0 Å². The van der Waals surface area contributed by atoms with E-state index in [0.29, 0.717) is 6.04 Å². The molecule has 0 aliphatic carbocycles. The zero-order valence-corrected chi connectivity index (χ0v) is 11.3. The van der Waals surface area contributed by atoms with Crippen molar-refractivity contribution in [1.82, 2.24) is 4.90 Å². The van der Waals surface area contributed by atoms with Gasteiger partial charge in [-0.2, -0.15) is 0 Å². The van der Waals surface area contributed by atoms with Crippen molar-refractivity contribution in [3.8, 4) is 0 Å². The van der Waals surface area contributed by atoms with Crippen LogP contribution >= 0.6 is 0 Å². The van der Waals surface area contributed by atoms with Crippen molar-refractivity contribution in [2.24, 2.45) is 11.5 Å². The fraction of sp³-hybridized carbons (Fsp3) is 1.00. The number of hydrogen-bond donors (Lipinski definition) is 2. The van der Waals surface area contributed by atoms with Crippen molar-refractivity contribution in [2.45, 2.75) is 58.4 Å². The van der Waals surface area contributed by atoms with Gasteiger partial charge < -0.3 is 16.4 Å². The molecule has 0 rings (SSSR count). The lowest BCUT2D eigenvalue weighted by Gasteiger charge is -2.17. The van der Waals surface area contributed by atoms with E-state index in [0.717, 1.165) is 25.8 Å². The third-order valence-electron chi connectivity index (χ3n) is 3.22. The average Bonchev–Trinajstić information content (AvgIpc) is 2.31. The molecule has 0 aliphatic rings. The second kappa shape index (κ2) is 11.4. The van der Waals surface area contributed by atoms with E-state index in [1.54, 1.807) is 0 Å². The van der Waals surface area contributed by atoms with Crippen LogP contribution in [0, 0.1) is 0 Å². The highest BCUT2D eigenvalue weighted by Gasteiger charge is 2.02. The molecule has 0 radical (unpaired) electrons. The molecule has 1 atom stereocenters. The van der Waals surface area contributed by atoms with Gasteiger partial charge in [-0.15, -0.1) is 0 Å². The van der Waals surface area contributed by atoms with Crippen LogP contribution in [-0.2, 0) is 0 Å². The summed E-state index contributed by atoms with van der Waals surface area (Å²) in [6.07, 6.45) is 7.22. The minimum Gasteiger partial charge on any atom is -0.330 e. The summed E-state index contributed by atoms with van der Waals surface area (Å²) >= 11 is 0. The molecule has 0 aromatic heterocycles. The molecule has 0 aromatic carbocycles. The molecule has 0 heterocycles. The number of hydrogen-bond acceptors (Lipinski definition) is 3. The summed E-state index contributed by atoms with van der Waals surface area (Å²) in [6.45, 7) is 8.82. The molecular formula is C13H31N3. The predicted molar refractivity (Wildman–Crippen MR) is 72.5 cm³/mol. The molecule has 0 aliphatic heterocycles. The number of rotatable bonds is 11. The highest BCUT2D eigenvalue weighted by molar-refractivity contribution is 4.62. The first-order chi connectivity index (χ1) is 7.74. The summed E-state index contributed by atoms with van der Waals surface area (Å²) in [5.74, 6) is 0. The van der Waals surface area contributed by atoms with E-state index in [4.69, 9.17) is 11.5 Å². The van der Waals surface area contributed by atoms with Gasteiger partial charge in [0.05, 0.1) is 0 Å². The van der Waals surface area contributed by atoms with Gasteiger partial charge in [0.2, 0.25) is 0 Å². The molecule has 0 fully saturated rings. The van der Waals surface area contributed by atoms with Crippen LogP contribution in [0.4, 0.5) is 0 Å². The van der Waals surface area contributed by atoms with Crippen molar-refractivity contribution in [1.29, 1.82) is 0 Å². The molecular weight excluding hydrogens is 198 g/mol. The van der Waals surface area contributed by atoms with Crippen LogP contribution in [0.25, 0.3) is 0 Å². The fourth-order valence-corrected chi connectivity index (χ4v) is 1.98. The van der Waals surface area contributed by atoms with Crippen LogP contribution < -0.4 is 11.5 Å². The topological polar surface area (TPSA) is 55.3 Å². The molecule has 0 aromatic rings. The van der Waals surface area contributed by atoms with Crippen molar-refractivity contribution in [3.63, 3.8) is 0 Å². The maximum atomic E-state index is 5.99. The van der Waals surface area contributed by atoms with Crippen molar-refractivity contribution in [2.75, 3.05) is 26.2 Å². The average molecular weight is 229 g/mol. The van der Waals surface area contributed by atoms with Gasteiger partial charge in [0.15, 0.2) is 0 Å². The Morgan fingerprint density at radius 3 is 2.12 bits per heavy atom. The third kappa shape index (κ3) is 9.13. The van der Waals surface area contributed by atoms with Crippen molar-refractivity contribution >= 4 is 0 Å². The standard InChI is InChI=1S/C13H31N3/c1-3-16(4-2)12-7-5-6-9-13(15)10-8-11-14/h13H,3-12,14-15H2,1-2H3. The Labute approximate surface area is 102 Å². The summed E-state index contributed by atoms with van der Waals surface area (Å²) in [5.41, 5.74) is 11.4. The maximum Gasteiger partial charge on any atom is 0.00392 e. The molecule has 0 amide bonds. The van der Waals surface area contributed by atoms with Crippen LogP contribution in [0.3, 0.4) is 0 Å². The Morgan fingerprint density at radius 1 is 0.938 bits per heavy atom. The summed E-state index contributed by atoms with van der Waals surface area (Å²) in [6, 6.07) is 0.372. The SMILES string of the molecule is CCN(CC)CCCCCC(N)CCCN. The Morgan fingerprint density at radius 2 is 1.56 bits per heavy atom. The van der Waals surface area contributed by atoms with E-state index in [-0.39, 0.29) is 0 Å². The van der Waals surface area contributed by atoms with Crippen LogP contribution in [0.5, 0.6) is 0 Å². The molecule has 3 heteroatoms. The van der Waals surface area contributed by atoms with Gasteiger partial charge in [0.1, 0.15) is 0 Å². The zero-order valence-electron chi connectivity index (χ0n) is 11.3. The normalized spacial score (nSPS) is 13.3. The molecule has 98 valence electrons. The van der Waals surface area contributed by atoms with Gasteiger partial charge in [-0.1, -0.05) is 26.7 Å². The second-order valence-electron chi connectivity index (χ2n) is 4.57. The summed E-state index contributed by atoms with van der Waals surface area (Å²) in [5, 5.41) is 0.